The minimum atomic E-state index is -1.45. The average Bonchev–Trinajstić information content (AvgIpc) is 2.37. The van der Waals surface area contributed by atoms with Crippen LogP contribution in [-0.2, 0) is 19.1 Å². The molecule has 0 aliphatic rings. The maximum absolute atomic E-state index is 11.9. The summed E-state index contributed by atoms with van der Waals surface area (Å²) in [5.74, 6) is -1.30. The predicted molar refractivity (Wildman–Crippen MR) is 68.8 cm³/mol. The van der Waals surface area contributed by atoms with Gasteiger partial charge in [0.2, 0.25) is 0 Å². The Morgan fingerprint density at radius 2 is 1.72 bits per heavy atom. The molecule has 0 bridgehead atoms. The van der Waals surface area contributed by atoms with E-state index in [-0.39, 0.29) is 6.42 Å². The first-order valence-electron chi connectivity index (χ1n) is 5.63. The molecular formula is C14H20O4. The number of rotatable bonds is 6. The van der Waals surface area contributed by atoms with E-state index in [1.165, 1.54) is 20.3 Å². The van der Waals surface area contributed by atoms with Gasteiger partial charge in [-0.1, -0.05) is 6.08 Å². The van der Waals surface area contributed by atoms with E-state index >= 15 is 0 Å². The third kappa shape index (κ3) is 3.90. The van der Waals surface area contributed by atoms with Crippen molar-refractivity contribution >= 4 is 11.9 Å². The van der Waals surface area contributed by atoms with E-state index in [4.69, 9.17) is 9.47 Å². The molecular weight excluding hydrogens is 232 g/mol. The zero-order valence-corrected chi connectivity index (χ0v) is 11.4. The molecule has 18 heavy (non-hydrogen) atoms. The highest BCUT2D eigenvalue weighted by Crippen LogP contribution is 2.29. The molecule has 0 aromatic heterocycles. The second kappa shape index (κ2) is 7.51. The summed E-state index contributed by atoms with van der Waals surface area (Å²) < 4.78 is 9.43. The van der Waals surface area contributed by atoms with Crippen LogP contribution in [0, 0.1) is 5.41 Å². The number of carbonyl (C=O) groups excluding carboxylic acids is 2. The van der Waals surface area contributed by atoms with Gasteiger partial charge in [0.25, 0.3) is 0 Å². The molecule has 0 aliphatic heterocycles. The van der Waals surface area contributed by atoms with Crippen molar-refractivity contribution in [1.82, 2.24) is 0 Å². The third-order valence-corrected chi connectivity index (χ3v) is 2.45. The van der Waals surface area contributed by atoms with Crippen LogP contribution in [0.25, 0.3) is 0 Å². The fourth-order valence-corrected chi connectivity index (χ4v) is 1.44. The maximum atomic E-state index is 11.9. The first-order chi connectivity index (χ1) is 8.44. The van der Waals surface area contributed by atoms with Gasteiger partial charge in [0, 0.05) is 0 Å². The van der Waals surface area contributed by atoms with E-state index in [1.54, 1.807) is 6.08 Å². The average molecular weight is 252 g/mol. The lowest BCUT2D eigenvalue weighted by atomic mass is 9.82. The number of ether oxygens (including phenoxy) is 2. The Balaban J connectivity index is 5.68. The number of allylic oxidation sites excluding steroid dienone is 1. The van der Waals surface area contributed by atoms with Gasteiger partial charge in [0.1, 0.15) is 0 Å². The molecule has 0 aliphatic carbocycles. The number of esters is 2. The normalized spacial score (nSPS) is 10.0. The molecule has 0 radical (unpaired) electrons. The van der Waals surface area contributed by atoms with Crippen molar-refractivity contribution in [3.63, 3.8) is 0 Å². The Bertz CT molecular complexity index is 367. The summed E-state index contributed by atoms with van der Waals surface area (Å²) in [7, 11) is 2.48. The van der Waals surface area contributed by atoms with Gasteiger partial charge >= 0.3 is 11.9 Å². The second-order valence-corrected chi connectivity index (χ2v) is 4.07. The van der Waals surface area contributed by atoms with Crippen molar-refractivity contribution in [2.24, 2.45) is 5.41 Å². The summed E-state index contributed by atoms with van der Waals surface area (Å²) >= 11 is 0. The van der Waals surface area contributed by atoms with Crippen LogP contribution in [0.1, 0.15) is 26.7 Å². The standard InChI is InChI=1S/C14H20O4/c1-6-7-9-14(12(15)17-4,13(16)18-5)10-8-11(2)3/h6,10H,1,7,9H2,2-5H3. The number of methoxy groups -OCH3 is 2. The topological polar surface area (TPSA) is 52.6 Å². The molecule has 0 atom stereocenters. The van der Waals surface area contributed by atoms with Gasteiger partial charge in [-0.15, -0.1) is 12.3 Å². The summed E-state index contributed by atoms with van der Waals surface area (Å²) in [6.45, 7) is 7.23. The maximum Gasteiger partial charge on any atom is 0.327 e. The minimum absolute atomic E-state index is 0.246. The smallest absolute Gasteiger partial charge is 0.327 e. The zero-order chi connectivity index (χ0) is 14.2. The van der Waals surface area contributed by atoms with Crippen molar-refractivity contribution < 1.29 is 19.1 Å². The van der Waals surface area contributed by atoms with Crippen LogP contribution in [0.5, 0.6) is 0 Å². The Hall–Kier alpha value is -1.80. The molecule has 0 heterocycles. The summed E-state index contributed by atoms with van der Waals surface area (Å²) in [5.41, 5.74) is 2.28. The lowest BCUT2D eigenvalue weighted by Crippen LogP contribution is -2.39. The predicted octanol–water partition coefficient (Wildman–Crippen LogP) is 2.41. The Labute approximate surface area is 108 Å². The van der Waals surface area contributed by atoms with Crippen LogP contribution in [-0.4, -0.2) is 26.2 Å². The molecule has 0 unspecified atom stereocenters. The van der Waals surface area contributed by atoms with Crippen molar-refractivity contribution in [1.29, 1.82) is 0 Å². The third-order valence-electron chi connectivity index (χ3n) is 2.45. The van der Waals surface area contributed by atoms with Crippen molar-refractivity contribution in [3.05, 3.63) is 30.0 Å². The summed E-state index contributed by atoms with van der Waals surface area (Å²) in [4.78, 5) is 23.8. The largest absolute Gasteiger partial charge is 0.468 e. The lowest BCUT2D eigenvalue weighted by molar-refractivity contribution is -0.165. The Morgan fingerprint density at radius 1 is 1.22 bits per heavy atom. The molecule has 0 saturated carbocycles. The van der Waals surface area contributed by atoms with Crippen molar-refractivity contribution in [3.8, 4) is 0 Å². The molecule has 0 spiro atoms. The SMILES string of the molecule is C=CCCC(C=C=C(C)C)(C(=O)OC)C(=O)OC. The van der Waals surface area contributed by atoms with Crippen LogP contribution < -0.4 is 0 Å². The zero-order valence-electron chi connectivity index (χ0n) is 11.4. The van der Waals surface area contributed by atoms with Crippen LogP contribution in [0.3, 0.4) is 0 Å². The fraction of sp³-hybridized carbons (Fsp3) is 0.500. The van der Waals surface area contributed by atoms with Gasteiger partial charge in [0.05, 0.1) is 14.2 Å². The van der Waals surface area contributed by atoms with E-state index in [9.17, 15) is 9.59 Å². The van der Waals surface area contributed by atoms with Crippen LogP contribution >= 0.6 is 0 Å². The van der Waals surface area contributed by atoms with Gasteiger partial charge < -0.3 is 9.47 Å². The van der Waals surface area contributed by atoms with E-state index in [2.05, 4.69) is 12.3 Å². The first-order valence-corrected chi connectivity index (χ1v) is 5.63. The van der Waals surface area contributed by atoms with E-state index in [0.717, 1.165) is 5.57 Å². The monoisotopic (exact) mass is 252 g/mol. The molecule has 4 nitrogen and oxygen atoms in total. The lowest BCUT2D eigenvalue weighted by Gasteiger charge is -2.23. The summed E-state index contributed by atoms with van der Waals surface area (Å²) in [6, 6.07) is 0. The summed E-state index contributed by atoms with van der Waals surface area (Å²) in [5, 5.41) is 0. The molecule has 0 aromatic carbocycles. The van der Waals surface area contributed by atoms with Gasteiger partial charge in [0.15, 0.2) is 5.41 Å². The number of hydrogen-bond donors (Lipinski definition) is 0. The van der Waals surface area contributed by atoms with Gasteiger partial charge in [-0.25, -0.2) is 0 Å². The Morgan fingerprint density at radius 3 is 2.06 bits per heavy atom. The molecule has 0 aromatic rings. The van der Waals surface area contributed by atoms with E-state index < -0.39 is 17.4 Å². The molecule has 100 valence electrons. The molecule has 0 fully saturated rings. The molecule has 0 N–H and O–H groups in total. The van der Waals surface area contributed by atoms with Gasteiger partial charge in [-0.2, -0.15) is 0 Å². The molecule has 0 saturated heterocycles. The highest BCUT2D eigenvalue weighted by Gasteiger charge is 2.45. The second-order valence-electron chi connectivity index (χ2n) is 4.07. The van der Waals surface area contributed by atoms with E-state index in [0.29, 0.717) is 6.42 Å². The highest BCUT2D eigenvalue weighted by molar-refractivity contribution is 6.02. The van der Waals surface area contributed by atoms with Crippen LogP contribution in [0.2, 0.25) is 0 Å². The highest BCUT2D eigenvalue weighted by atomic mass is 16.5. The number of carbonyl (C=O) groups is 2. The number of hydrogen-bond acceptors (Lipinski definition) is 4. The molecule has 0 amide bonds. The minimum Gasteiger partial charge on any atom is -0.468 e. The van der Waals surface area contributed by atoms with Crippen LogP contribution in [0.15, 0.2) is 30.0 Å². The van der Waals surface area contributed by atoms with Gasteiger partial charge in [-0.05, 0) is 38.3 Å². The van der Waals surface area contributed by atoms with Gasteiger partial charge in [-0.3, -0.25) is 9.59 Å². The van der Waals surface area contributed by atoms with Crippen molar-refractivity contribution in [2.75, 3.05) is 14.2 Å². The quantitative estimate of drug-likeness (QED) is 0.315. The molecule has 4 heteroatoms. The fourth-order valence-electron chi connectivity index (χ4n) is 1.44. The van der Waals surface area contributed by atoms with Crippen LogP contribution in [0.4, 0.5) is 0 Å². The Kier molecular flexibility index (Phi) is 6.76. The molecule has 0 rings (SSSR count). The first kappa shape index (κ1) is 16.2. The summed E-state index contributed by atoms with van der Waals surface area (Å²) in [6.07, 6.45) is 3.79. The van der Waals surface area contributed by atoms with Crippen molar-refractivity contribution in [2.45, 2.75) is 26.7 Å². The van der Waals surface area contributed by atoms with E-state index in [1.807, 2.05) is 13.8 Å².